The monoisotopic (exact) mass is 430 g/mol. The molecule has 2 aromatic carbocycles. The Bertz CT molecular complexity index is 951. The van der Waals surface area contributed by atoms with E-state index in [1.807, 2.05) is 24.3 Å². The lowest BCUT2D eigenvalue weighted by Gasteiger charge is -2.30. The van der Waals surface area contributed by atoms with Gasteiger partial charge >= 0.3 is 0 Å². The van der Waals surface area contributed by atoms with Gasteiger partial charge in [-0.05, 0) is 55.2 Å². The van der Waals surface area contributed by atoms with E-state index in [9.17, 15) is 13.2 Å². The molecule has 1 N–H and O–H groups in total. The summed E-state index contributed by atoms with van der Waals surface area (Å²) in [6.07, 6.45) is 5.74. The second kappa shape index (κ2) is 10.1. The third-order valence-electron chi connectivity index (χ3n) is 5.72. The molecular formula is C23H30N2O4S. The smallest absolute Gasteiger partial charge is 0.251 e. The second-order valence-electron chi connectivity index (χ2n) is 7.69. The highest BCUT2D eigenvalue weighted by atomic mass is 32.2. The first-order chi connectivity index (χ1) is 14.4. The fraction of sp³-hybridized carbons (Fsp3) is 0.435. The Balaban J connectivity index is 1.62. The van der Waals surface area contributed by atoms with Crippen LogP contribution in [0, 0.1) is 0 Å². The molecule has 2 aromatic rings. The van der Waals surface area contributed by atoms with Crippen LogP contribution in [0.25, 0.3) is 0 Å². The number of carbonyl (C=O) groups excluding carboxylic acids is 1. The molecule has 0 heterocycles. The quantitative estimate of drug-likeness (QED) is 0.694. The van der Waals surface area contributed by atoms with E-state index in [2.05, 4.69) is 5.32 Å². The summed E-state index contributed by atoms with van der Waals surface area (Å²) < 4.78 is 32.7. The number of ether oxygens (including phenoxy) is 1. The van der Waals surface area contributed by atoms with E-state index in [0.29, 0.717) is 18.5 Å². The first-order valence-corrected chi connectivity index (χ1v) is 11.8. The number of rotatable bonds is 8. The predicted molar refractivity (Wildman–Crippen MR) is 117 cm³/mol. The normalized spacial score (nSPS) is 15.2. The average molecular weight is 431 g/mol. The third kappa shape index (κ3) is 5.40. The van der Waals surface area contributed by atoms with Gasteiger partial charge in [0.15, 0.2) is 0 Å². The molecular weight excluding hydrogens is 400 g/mol. The number of benzene rings is 2. The van der Waals surface area contributed by atoms with Gasteiger partial charge in [0.1, 0.15) is 5.75 Å². The van der Waals surface area contributed by atoms with Crippen molar-refractivity contribution in [2.75, 3.05) is 20.7 Å². The molecule has 6 nitrogen and oxygen atoms in total. The van der Waals surface area contributed by atoms with Crippen molar-refractivity contribution in [3.8, 4) is 5.75 Å². The highest BCUT2D eigenvalue weighted by molar-refractivity contribution is 7.89. The molecule has 30 heavy (non-hydrogen) atoms. The summed E-state index contributed by atoms with van der Waals surface area (Å²) in [5, 5.41) is 2.87. The first kappa shape index (κ1) is 22.3. The van der Waals surface area contributed by atoms with E-state index in [4.69, 9.17) is 4.74 Å². The summed E-state index contributed by atoms with van der Waals surface area (Å²) in [7, 11) is -0.356. The lowest BCUT2D eigenvalue weighted by molar-refractivity contribution is 0.0954. The van der Waals surface area contributed by atoms with Gasteiger partial charge in [0.05, 0.1) is 12.0 Å². The van der Waals surface area contributed by atoms with Crippen molar-refractivity contribution in [3.63, 3.8) is 0 Å². The number of hydrogen-bond acceptors (Lipinski definition) is 4. The van der Waals surface area contributed by atoms with Crippen molar-refractivity contribution in [2.45, 2.75) is 49.5 Å². The van der Waals surface area contributed by atoms with Crippen LogP contribution in [-0.2, 0) is 16.4 Å². The number of hydrogen-bond donors (Lipinski definition) is 1. The Morgan fingerprint density at radius 1 is 1.10 bits per heavy atom. The zero-order valence-electron chi connectivity index (χ0n) is 17.6. The molecule has 1 aliphatic carbocycles. The van der Waals surface area contributed by atoms with Crippen LogP contribution in [0.1, 0.15) is 48.0 Å². The van der Waals surface area contributed by atoms with Crippen molar-refractivity contribution >= 4 is 15.9 Å². The maximum absolute atomic E-state index is 13.0. The van der Waals surface area contributed by atoms with E-state index in [1.165, 1.54) is 10.4 Å². The molecule has 0 unspecified atom stereocenters. The first-order valence-electron chi connectivity index (χ1n) is 10.4. The van der Waals surface area contributed by atoms with E-state index in [-0.39, 0.29) is 16.8 Å². The highest BCUT2D eigenvalue weighted by Crippen LogP contribution is 2.26. The Kier molecular flexibility index (Phi) is 7.50. The fourth-order valence-electron chi connectivity index (χ4n) is 3.82. The van der Waals surface area contributed by atoms with E-state index in [0.717, 1.165) is 43.4 Å². The summed E-state index contributed by atoms with van der Waals surface area (Å²) in [5.41, 5.74) is 1.43. The molecule has 1 amide bonds. The molecule has 1 saturated carbocycles. The zero-order chi connectivity index (χ0) is 21.6. The molecule has 0 spiro atoms. The molecule has 1 aliphatic rings. The third-order valence-corrected chi connectivity index (χ3v) is 7.63. The molecule has 0 bridgehead atoms. The summed E-state index contributed by atoms with van der Waals surface area (Å²) in [4.78, 5) is 12.7. The Morgan fingerprint density at radius 3 is 2.47 bits per heavy atom. The van der Waals surface area contributed by atoms with Crippen LogP contribution in [0.5, 0.6) is 5.75 Å². The summed E-state index contributed by atoms with van der Waals surface area (Å²) >= 11 is 0. The molecule has 162 valence electrons. The molecule has 1 fully saturated rings. The standard InChI is InChI=1S/C23H30N2O4S/c1-25(20-8-4-3-5-9-20)30(27,28)22-10-6-7-19(17-22)23(26)24-16-15-18-11-13-21(29-2)14-12-18/h6-7,10-14,17,20H,3-5,8-9,15-16H2,1-2H3,(H,24,26). The Labute approximate surface area is 179 Å². The topological polar surface area (TPSA) is 75.7 Å². The van der Waals surface area contributed by atoms with Crippen LogP contribution in [-0.4, -0.2) is 45.4 Å². The van der Waals surface area contributed by atoms with Crippen LogP contribution in [0.15, 0.2) is 53.4 Å². The number of nitrogens with one attached hydrogen (secondary N) is 1. The molecule has 0 atom stereocenters. The number of carbonyl (C=O) groups is 1. The number of nitrogens with zero attached hydrogens (tertiary/aromatic N) is 1. The highest BCUT2D eigenvalue weighted by Gasteiger charge is 2.29. The van der Waals surface area contributed by atoms with Gasteiger partial charge in [-0.3, -0.25) is 4.79 Å². The summed E-state index contributed by atoms with van der Waals surface area (Å²) in [6, 6.07) is 14.0. The van der Waals surface area contributed by atoms with E-state index >= 15 is 0 Å². The van der Waals surface area contributed by atoms with Crippen molar-refractivity contribution in [1.29, 1.82) is 0 Å². The minimum atomic E-state index is -3.62. The Morgan fingerprint density at radius 2 is 1.80 bits per heavy atom. The van der Waals surface area contributed by atoms with Gasteiger partial charge in [0.25, 0.3) is 5.91 Å². The van der Waals surface area contributed by atoms with Gasteiger partial charge in [-0.25, -0.2) is 8.42 Å². The molecule has 0 radical (unpaired) electrons. The van der Waals surface area contributed by atoms with Crippen LogP contribution >= 0.6 is 0 Å². The lowest BCUT2D eigenvalue weighted by atomic mass is 9.96. The van der Waals surface area contributed by atoms with Crippen LogP contribution < -0.4 is 10.1 Å². The second-order valence-corrected chi connectivity index (χ2v) is 9.69. The van der Waals surface area contributed by atoms with E-state index in [1.54, 1.807) is 32.4 Å². The van der Waals surface area contributed by atoms with Crippen LogP contribution in [0.4, 0.5) is 0 Å². The molecule has 0 aromatic heterocycles. The maximum atomic E-state index is 13.0. The van der Waals surface area contributed by atoms with Crippen LogP contribution in [0.3, 0.4) is 0 Å². The fourth-order valence-corrected chi connectivity index (χ4v) is 5.28. The lowest BCUT2D eigenvalue weighted by Crippen LogP contribution is -2.38. The Hall–Kier alpha value is -2.38. The van der Waals surface area contributed by atoms with Crippen molar-refractivity contribution in [2.24, 2.45) is 0 Å². The minimum Gasteiger partial charge on any atom is -0.497 e. The summed E-state index contributed by atoms with van der Waals surface area (Å²) in [6.45, 7) is 0.462. The SMILES string of the molecule is COc1ccc(CCNC(=O)c2cccc(S(=O)(=O)N(C)C3CCCCC3)c2)cc1. The van der Waals surface area contributed by atoms with Crippen molar-refractivity contribution in [3.05, 3.63) is 59.7 Å². The maximum Gasteiger partial charge on any atom is 0.251 e. The van der Waals surface area contributed by atoms with Gasteiger partial charge in [-0.2, -0.15) is 4.31 Å². The molecule has 0 aliphatic heterocycles. The predicted octanol–water partition coefficient (Wildman–Crippen LogP) is 3.62. The van der Waals surface area contributed by atoms with Gasteiger partial charge < -0.3 is 10.1 Å². The van der Waals surface area contributed by atoms with Crippen molar-refractivity contribution in [1.82, 2.24) is 9.62 Å². The van der Waals surface area contributed by atoms with Gasteiger partial charge in [-0.1, -0.05) is 37.5 Å². The van der Waals surface area contributed by atoms with Gasteiger partial charge in [0, 0.05) is 25.2 Å². The largest absolute Gasteiger partial charge is 0.497 e. The average Bonchev–Trinajstić information content (AvgIpc) is 2.79. The number of methoxy groups -OCH3 is 1. The van der Waals surface area contributed by atoms with Gasteiger partial charge in [-0.15, -0.1) is 0 Å². The molecule has 3 rings (SSSR count). The molecule has 7 heteroatoms. The van der Waals surface area contributed by atoms with Crippen molar-refractivity contribution < 1.29 is 17.9 Å². The van der Waals surface area contributed by atoms with Crippen LogP contribution in [0.2, 0.25) is 0 Å². The van der Waals surface area contributed by atoms with E-state index < -0.39 is 10.0 Å². The van der Waals surface area contributed by atoms with Gasteiger partial charge in [0.2, 0.25) is 10.0 Å². The zero-order valence-corrected chi connectivity index (χ0v) is 18.5. The number of sulfonamides is 1. The summed E-state index contributed by atoms with van der Waals surface area (Å²) in [5.74, 6) is 0.514. The minimum absolute atomic E-state index is 0.0331. The number of amides is 1. The molecule has 0 saturated heterocycles.